The van der Waals surface area contributed by atoms with Crippen molar-refractivity contribution in [1.82, 2.24) is 4.90 Å². The van der Waals surface area contributed by atoms with E-state index in [1.165, 1.54) is 18.2 Å². The van der Waals surface area contributed by atoms with E-state index in [1.54, 1.807) is 4.90 Å². The fraction of sp³-hybridized carbons (Fsp3) is 0.556. The molecule has 0 radical (unpaired) electrons. The van der Waals surface area contributed by atoms with Gasteiger partial charge in [0.15, 0.2) is 0 Å². The molecule has 0 aliphatic rings. The highest BCUT2D eigenvalue weighted by Crippen LogP contribution is 2.10. The Morgan fingerprint density at radius 1 is 1.14 bits per heavy atom. The van der Waals surface area contributed by atoms with E-state index in [-0.39, 0.29) is 24.3 Å². The molecular formula is C18H27NO3. The van der Waals surface area contributed by atoms with Gasteiger partial charge in [0.1, 0.15) is 0 Å². The van der Waals surface area contributed by atoms with Crippen LogP contribution in [0.4, 0.5) is 0 Å². The van der Waals surface area contributed by atoms with Crippen molar-refractivity contribution in [1.29, 1.82) is 0 Å². The molecule has 0 bridgehead atoms. The second-order valence-corrected chi connectivity index (χ2v) is 5.85. The van der Waals surface area contributed by atoms with Gasteiger partial charge in [-0.3, -0.25) is 9.59 Å². The summed E-state index contributed by atoms with van der Waals surface area (Å²) in [5.74, 6) is -0.177. The molecule has 1 rings (SSSR count). The summed E-state index contributed by atoms with van der Waals surface area (Å²) in [7, 11) is 1.37. The maximum absolute atomic E-state index is 12.3. The first kappa shape index (κ1) is 18.2. The summed E-state index contributed by atoms with van der Waals surface area (Å²) in [6.45, 7) is 6.42. The monoisotopic (exact) mass is 305 g/mol. The van der Waals surface area contributed by atoms with E-state index in [0.717, 1.165) is 12.8 Å². The molecule has 22 heavy (non-hydrogen) atoms. The summed E-state index contributed by atoms with van der Waals surface area (Å²) in [6.07, 6.45) is 2.48. The van der Waals surface area contributed by atoms with Crippen LogP contribution in [0.3, 0.4) is 0 Å². The van der Waals surface area contributed by atoms with E-state index < -0.39 is 0 Å². The normalized spacial score (nSPS) is 10.6. The van der Waals surface area contributed by atoms with Crippen LogP contribution in [-0.2, 0) is 20.7 Å². The molecule has 0 atom stereocenters. The Morgan fingerprint density at radius 3 is 2.32 bits per heavy atom. The standard InChI is InChI=1S/C18H27NO3/c1-14(2)19(13-12-18(21)22-4)17(20)7-5-6-16-10-8-15(3)9-11-16/h8-11,14H,5-7,12-13H2,1-4H3. The Balaban J connectivity index is 2.42. The van der Waals surface area contributed by atoms with E-state index in [0.29, 0.717) is 13.0 Å². The minimum Gasteiger partial charge on any atom is -0.469 e. The predicted molar refractivity (Wildman–Crippen MR) is 87.6 cm³/mol. The minimum absolute atomic E-state index is 0.0940. The molecule has 0 spiro atoms. The summed E-state index contributed by atoms with van der Waals surface area (Å²) in [6, 6.07) is 8.49. The van der Waals surface area contributed by atoms with E-state index >= 15 is 0 Å². The zero-order valence-electron chi connectivity index (χ0n) is 14.1. The highest BCUT2D eigenvalue weighted by molar-refractivity contribution is 5.77. The molecule has 0 saturated heterocycles. The van der Waals surface area contributed by atoms with Crippen molar-refractivity contribution in [3.63, 3.8) is 0 Å². The molecule has 1 amide bonds. The highest BCUT2D eigenvalue weighted by atomic mass is 16.5. The largest absolute Gasteiger partial charge is 0.469 e. The number of benzene rings is 1. The highest BCUT2D eigenvalue weighted by Gasteiger charge is 2.17. The zero-order chi connectivity index (χ0) is 16.5. The predicted octanol–water partition coefficient (Wildman–Crippen LogP) is 3.12. The minimum atomic E-state index is -0.280. The number of rotatable bonds is 8. The Hall–Kier alpha value is -1.84. The van der Waals surface area contributed by atoms with Crippen LogP contribution in [0.25, 0.3) is 0 Å². The van der Waals surface area contributed by atoms with Gasteiger partial charge in [-0.2, -0.15) is 0 Å². The summed E-state index contributed by atoms with van der Waals surface area (Å²) in [5.41, 5.74) is 2.50. The second kappa shape index (κ2) is 9.23. The third kappa shape index (κ3) is 6.29. The number of nitrogens with zero attached hydrogens (tertiary/aromatic N) is 1. The lowest BCUT2D eigenvalue weighted by Crippen LogP contribution is -2.38. The van der Waals surface area contributed by atoms with Crippen LogP contribution in [0, 0.1) is 6.92 Å². The molecule has 4 nitrogen and oxygen atoms in total. The zero-order valence-corrected chi connectivity index (χ0v) is 14.1. The molecule has 0 unspecified atom stereocenters. The molecule has 4 heteroatoms. The van der Waals surface area contributed by atoms with Crippen LogP contribution in [-0.4, -0.2) is 36.5 Å². The van der Waals surface area contributed by atoms with Gasteiger partial charge in [-0.15, -0.1) is 0 Å². The first-order valence-corrected chi connectivity index (χ1v) is 7.86. The van der Waals surface area contributed by atoms with Gasteiger partial charge >= 0.3 is 5.97 Å². The number of hydrogen-bond donors (Lipinski definition) is 0. The molecule has 0 saturated carbocycles. The number of carbonyl (C=O) groups is 2. The number of amides is 1. The fourth-order valence-corrected chi connectivity index (χ4v) is 2.33. The molecule has 0 aliphatic carbocycles. The second-order valence-electron chi connectivity index (χ2n) is 5.85. The van der Waals surface area contributed by atoms with Gasteiger partial charge in [0.2, 0.25) is 5.91 Å². The van der Waals surface area contributed by atoms with Crippen molar-refractivity contribution in [2.24, 2.45) is 0 Å². The van der Waals surface area contributed by atoms with Crippen LogP contribution in [0.5, 0.6) is 0 Å². The topological polar surface area (TPSA) is 46.6 Å². The van der Waals surface area contributed by atoms with Gasteiger partial charge in [0.05, 0.1) is 13.5 Å². The van der Waals surface area contributed by atoms with Crippen molar-refractivity contribution < 1.29 is 14.3 Å². The summed E-state index contributed by atoms with van der Waals surface area (Å²) < 4.78 is 4.63. The first-order chi connectivity index (χ1) is 10.4. The Bertz CT molecular complexity index is 480. The van der Waals surface area contributed by atoms with Gasteiger partial charge in [0.25, 0.3) is 0 Å². The smallest absolute Gasteiger partial charge is 0.307 e. The number of carbonyl (C=O) groups excluding carboxylic acids is 2. The van der Waals surface area contributed by atoms with E-state index in [1.807, 2.05) is 13.8 Å². The van der Waals surface area contributed by atoms with Crippen molar-refractivity contribution in [3.8, 4) is 0 Å². The fourth-order valence-electron chi connectivity index (χ4n) is 2.33. The number of esters is 1. The summed E-state index contributed by atoms with van der Waals surface area (Å²) in [5, 5.41) is 0. The van der Waals surface area contributed by atoms with Crippen LogP contribution in [0.1, 0.15) is 44.2 Å². The van der Waals surface area contributed by atoms with Gasteiger partial charge < -0.3 is 9.64 Å². The summed E-state index contributed by atoms with van der Waals surface area (Å²) in [4.78, 5) is 25.3. The van der Waals surface area contributed by atoms with Crippen molar-refractivity contribution in [2.75, 3.05) is 13.7 Å². The number of aryl methyl sites for hydroxylation is 2. The van der Waals surface area contributed by atoms with Crippen LogP contribution < -0.4 is 0 Å². The Morgan fingerprint density at radius 2 is 1.77 bits per heavy atom. The van der Waals surface area contributed by atoms with E-state index in [2.05, 4.69) is 35.9 Å². The Labute approximate surface area is 133 Å². The molecule has 0 N–H and O–H groups in total. The third-order valence-electron chi connectivity index (χ3n) is 3.70. The first-order valence-electron chi connectivity index (χ1n) is 7.86. The average Bonchev–Trinajstić information content (AvgIpc) is 2.48. The molecule has 1 aromatic rings. The third-order valence-corrected chi connectivity index (χ3v) is 3.70. The molecule has 0 fully saturated rings. The molecule has 122 valence electrons. The maximum atomic E-state index is 12.3. The number of methoxy groups -OCH3 is 1. The van der Waals surface area contributed by atoms with Crippen molar-refractivity contribution >= 4 is 11.9 Å². The average molecular weight is 305 g/mol. The maximum Gasteiger partial charge on any atom is 0.307 e. The number of ether oxygens (including phenoxy) is 1. The van der Waals surface area contributed by atoms with Crippen LogP contribution in [0.15, 0.2) is 24.3 Å². The van der Waals surface area contributed by atoms with Gasteiger partial charge in [-0.1, -0.05) is 29.8 Å². The molecule has 0 aromatic heterocycles. The van der Waals surface area contributed by atoms with Gasteiger partial charge in [0, 0.05) is 19.0 Å². The molecule has 0 aliphatic heterocycles. The molecule has 1 aromatic carbocycles. The molecular weight excluding hydrogens is 278 g/mol. The molecule has 0 heterocycles. The van der Waals surface area contributed by atoms with E-state index in [9.17, 15) is 9.59 Å². The van der Waals surface area contributed by atoms with Crippen LogP contribution >= 0.6 is 0 Å². The lowest BCUT2D eigenvalue weighted by atomic mass is 10.1. The van der Waals surface area contributed by atoms with Crippen molar-refractivity contribution in [3.05, 3.63) is 35.4 Å². The lowest BCUT2D eigenvalue weighted by Gasteiger charge is -2.26. The summed E-state index contributed by atoms with van der Waals surface area (Å²) >= 11 is 0. The number of hydrogen-bond acceptors (Lipinski definition) is 3. The Kier molecular flexibility index (Phi) is 7.64. The lowest BCUT2D eigenvalue weighted by molar-refractivity contribution is -0.142. The van der Waals surface area contributed by atoms with Gasteiger partial charge in [-0.25, -0.2) is 0 Å². The SMILES string of the molecule is COC(=O)CCN(C(=O)CCCc1ccc(C)cc1)C(C)C. The van der Waals surface area contributed by atoms with Crippen molar-refractivity contribution in [2.45, 2.75) is 52.5 Å². The quantitative estimate of drug-likeness (QED) is 0.693. The van der Waals surface area contributed by atoms with E-state index in [4.69, 9.17) is 0 Å². The van der Waals surface area contributed by atoms with Gasteiger partial charge in [-0.05, 0) is 39.2 Å². The van der Waals surface area contributed by atoms with Crippen LogP contribution in [0.2, 0.25) is 0 Å².